The zero-order chi connectivity index (χ0) is 17.8. The van der Waals surface area contributed by atoms with Crippen LogP contribution in [0.5, 0.6) is 0 Å². The molecule has 1 heterocycles. The number of rotatable bonds is 4. The molecule has 26 heavy (non-hydrogen) atoms. The molecule has 3 heteroatoms. The van der Waals surface area contributed by atoms with Crippen molar-refractivity contribution in [2.75, 3.05) is 24.6 Å². The molecule has 130 valence electrons. The minimum atomic E-state index is 0.747. The number of hydrogen-bond donors (Lipinski definition) is 0. The molecule has 1 fully saturated rings. The Labute approximate surface area is 155 Å². The van der Waals surface area contributed by atoms with Crippen LogP contribution in [0.25, 0.3) is 10.8 Å². The molecule has 4 rings (SSSR count). The van der Waals surface area contributed by atoms with Crippen molar-refractivity contribution in [1.29, 1.82) is 5.26 Å². The van der Waals surface area contributed by atoms with Gasteiger partial charge in [-0.1, -0.05) is 54.6 Å². The zero-order valence-corrected chi connectivity index (χ0v) is 14.9. The fourth-order valence-corrected chi connectivity index (χ4v) is 3.83. The van der Waals surface area contributed by atoms with Crippen LogP contribution in [0, 0.1) is 11.3 Å². The van der Waals surface area contributed by atoms with Gasteiger partial charge in [-0.25, -0.2) is 5.01 Å². The molecule has 1 aliphatic heterocycles. The van der Waals surface area contributed by atoms with Crippen molar-refractivity contribution in [2.45, 2.75) is 19.3 Å². The summed E-state index contributed by atoms with van der Waals surface area (Å²) < 4.78 is 0. The van der Waals surface area contributed by atoms with Gasteiger partial charge in [0.1, 0.15) is 0 Å². The summed E-state index contributed by atoms with van der Waals surface area (Å²) in [5, 5.41) is 16.5. The fraction of sp³-hybridized carbons (Fsp3) is 0.261. The van der Waals surface area contributed by atoms with Crippen LogP contribution in [0.15, 0.2) is 66.7 Å². The van der Waals surface area contributed by atoms with Crippen LogP contribution in [0.2, 0.25) is 0 Å². The van der Waals surface area contributed by atoms with Gasteiger partial charge in [0.05, 0.1) is 17.3 Å². The molecule has 3 aromatic rings. The minimum Gasteiger partial charge on any atom is -0.305 e. The van der Waals surface area contributed by atoms with Crippen LogP contribution in [0.4, 0.5) is 5.69 Å². The van der Waals surface area contributed by atoms with E-state index in [1.54, 1.807) is 0 Å². The largest absolute Gasteiger partial charge is 0.305 e. The highest BCUT2D eigenvalue weighted by Crippen LogP contribution is 2.32. The first-order valence-electron chi connectivity index (χ1n) is 9.35. The first-order valence-corrected chi connectivity index (χ1v) is 9.35. The number of nitrogens with zero attached hydrogens (tertiary/aromatic N) is 3. The molecule has 0 radical (unpaired) electrons. The van der Waals surface area contributed by atoms with Gasteiger partial charge in [0.15, 0.2) is 0 Å². The number of hydrogen-bond acceptors (Lipinski definition) is 3. The van der Waals surface area contributed by atoms with E-state index < -0.39 is 0 Å². The highest BCUT2D eigenvalue weighted by atomic mass is 15.6. The van der Waals surface area contributed by atoms with Gasteiger partial charge < -0.3 is 5.01 Å². The van der Waals surface area contributed by atoms with Gasteiger partial charge >= 0.3 is 0 Å². The summed E-state index contributed by atoms with van der Waals surface area (Å²) in [5.74, 6) is 0. The maximum Gasteiger partial charge on any atom is 0.0998 e. The second-order valence-corrected chi connectivity index (χ2v) is 6.81. The molecule has 0 aliphatic carbocycles. The average molecular weight is 341 g/mol. The lowest BCUT2D eigenvalue weighted by atomic mass is 10.0. The third kappa shape index (κ3) is 3.29. The Morgan fingerprint density at radius 2 is 1.54 bits per heavy atom. The summed E-state index contributed by atoms with van der Waals surface area (Å²) in [5.41, 5.74) is 3.34. The molecule has 0 aromatic heterocycles. The van der Waals surface area contributed by atoms with Crippen molar-refractivity contribution in [2.24, 2.45) is 0 Å². The normalized spacial score (nSPS) is 15.1. The summed E-state index contributed by atoms with van der Waals surface area (Å²) in [6, 6.07) is 25.3. The van der Waals surface area contributed by atoms with Crippen LogP contribution in [0.1, 0.15) is 24.0 Å². The molecule has 0 unspecified atom stereocenters. The maximum atomic E-state index is 9.43. The Morgan fingerprint density at radius 3 is 2.35 bits per heavy atom. The van der Waals surface area contributed by atoms with E-state index in [2.05, 4.69) is 70.7 Å². The van der Waals surface area contributed by atoms with E-state index in [1.165, 1.54) is 24.1 Å². The highest BCUT2D eigenvalue weighted by Gasteiger charge is 2.22. The molecule has 1 aliphatic rings. The first kappa shape index (κ1) is 16.6. The van der Waals surface area contributed by atoms with Gasteiger partial charge in [-0.3, -0.25) is 0 Å². The zero-order valence-electron chi connectivity index (χ0n) is 14.9. The van der Waals surface area contributed by atoms with E-state index in [0.717, 1.165) is 42.4 Å². The number of benzene rings is 3. The minimum absolute atomic E-state index is 0.747. The number of nitriles is 1. The Hall–Kier alpha value is -2.83. The van der Waals surface area contributed by atoms with Crippen molar-refractivity contribution in [3.05, 3.63) is 77.9 Å². The molecule has 0 atom stereocenters. The highest BCUT2D eigenvalue weighted by molar-refractivity contribution is 5.97. The third-order valence-corrected chi connectivity index (χ3v) is 5.18. The van der Waals surface area contributed by atoms with Crippen LogP contribution in [-0.4, -0.2) is 24.6 Å². The van der Waals surface area contributed by atoms with E-state index in [1.807, 2.05) is 12.1 Å². The Balaban J connectivity index is 1.64. The van der Waals surface area contributed by atoms with Gasteiger partial charge in [0, 0.05) is 30.4 Å². The molecular formula is C23H23N3. The van der Waals surface area contributed by atoms with Gasteiger partial charge in [-0.15, -0.1) is 0 Å². The van der Waals surface area contributed by atoms with Crippen LogP contribution in [-0.2, 0) is 6.42 Å². The third-order valence-electron chi connectivity index (χ3n) is 5.18. The number of hydrazine groups is 1. The first-order chi connectivity index (χ1) is 12.9. The Kier molecular flexibility index (Phi) is 4.86. The summed E-state index contributed by atoms with van der Waals surface area (Å²) in [4.78, 5) is 0. The van der Waals surface area contributed by atoms with E-state index in [0.29, 0.717) is 0 Å². The SMILES string of the molecule is N#Cc1ccc(N2CCCCN2CCc2ccccc2)c2ccccc12. The molecule has 3 aromatic carbocycles. The quantitative estimate of drug-likeness (QED) is 0.685. The summed E-state index contributed by atoms with van der Waals surface area (Å²) in [7, 11) is 0. The van der Waals surface area contributed by atoms with E-state index in [4.69, 9.17) is 0 Å². The van der Waals surface area contributed by atoms with Gasteiger partial charge in [-0.05, 0) is 37.0 Å². The lowest BCUT2D eigenvalue weighted by Gasteiger charge is -2.41. The van der Waals surface area contributed by atoms with E-state index >= 15 is 0 Å². The smallest absolute Gasteiger partial charge is 0.0998 e. The average Bonchev–Trinajstić information content (AvgIpc) is 2.72. The lowest BCUT2D eigenvalue weighted by Crippen LogP contribution is -2.48. The van der Waals surface area contributed by atoms with E-state index in [-0.39, 0.29) is 0 Å². The van der Waals surface area contributed by atoms with Crippen molar-refractivity contribution >= 4 is 16.5 Å². The van der Waals surface area contributed by atoms with Crippen molar-refractivity contribution in [3.8, 4) is 6.07 Å². The van der Waals surface area contributed by atoms with E-state index in [9.17, 15) is 5.26 Å². The predicted molar refractivity (Wildman–Crippen MR) is 107 cm³/mol. The second-order valence-electron chi connectivity index (χ2n) is 6.81. The van der Waals surface area contributed by atoms with Crippen molar-refractivity contribution < 1.29 is 0 Å². The monoisotopic (exact) mass is 341 g/mol. The predicted octanol–water partition coefficient (Wildman–Crippen LogP) is 4.77. The van der Waals surface area contributed by atoms with Gasteiger partial charge in [0.2, 0.25) is 0 Å². The summed E-state index contributed by atoms with van der Waals surface area (Å²) in [6.07, 6.45) is 3.49. The molecule has 0 amide bonds. The Morgan fingerprint density at radius 1 is 0.808 bits per heavy atom. The fourth-order valence-electron chi connectivity index (χ4n) is 3.83. The van der Waals surface area contributed by atoms with Crippen LogP contribution in [0.3, 0.4) is 0 Å². The topological polar surface area (TPSA) is 30.3 Å². The van der Waals surface area contributed by atoms with Crippen LogP contribution < -0.4 is 5.01 Å². The van der Waals surface area contributed by atoms with Gasteiger partial charge in [0.25, 0.3) is 0 Å². The van der Waals surface area contributed by atoms with Crippen molar-refractivity contribution in [1.82, 2.24) is 5.01 Å². The molecule has 0 N–H and O–H groups in total. The maximum absolute atomic E-state index is 9.43. The molecule has 0 spiro atoms. The molecular weight excluding hydrogens is 318 g/mol. The van der Waals surface area contributed by atoms with Crippen molar-refractivity contribution in [3.63, 3.8) is 0 Å². The molecule has 0 saturated carbocycles. The standard InChI is InChI=1S/C23H23N3/c24-18-20-12-13-23(22-11-5-4-10-21(20)22)26-16-7-6-15-25(26)17-14-19-8-2-1-3-9-19/h1-5,8-13H,6-7,14-17H2. The number of fused-ring (bicyclic) bond motifs is 1. The Bertz CT molecular complexity index is 927. The lowest BCUT2D eigenvalue weighted by molar-refractivity contribution is 0.215. The summed E-state index contributed by atoms with van der Waals surface area (Å²) >= 11 is 0. The molecule has 3 nitrogen and oxygen atoms in total. The summed E-state index contributed by atoms with van der Waals surface area (Å²) in [6.45, 7) is 3.13. The van der Waals surface area contributed by atoms with Crippen LogP contribution >= 0.6 is 0 Å². The second kappa shape index (κ2) is 7.59. The molecule has 0 bridgehead atoms. The number of anilines is 1. The molecule has 1 saturated heterocycles. The van der Waals surface area contributed by atoms with Gasteiger partial charge in [-0.2, -0.15) is 5.26 Å².